The first-order valence-corrected chi connectivity index (χ1v) is 8.41. The zero-order chi connectivity index (χ0) is 18.8. The Balaban J connectivity index is 2.19. The monoisotopic (exact) mass is 357 g/mol. The Morgan fingerprint density at radius 1 is 1.20 bits per heavy atom. The van der Waals surface area contributed by atoms with Gasteiger partial charge in [-0.1, -0.05) is 0 Å². The number of carbonyl (C=O) groups excluding carboxylic acids is 2. The van der Waals surface area contributed by atoms with E-state index in [0.717, 1.165) is 0 Å². The molecule has 0 radical (unpaired) electrons. The van der Waals surface area contributed by atoms with Crippen LogP contribution in [0.4, 0.5) is 5.13 Å². The first-order chi connectivity index (χ1) is 11.6. The Morgan fingerprint density at radius 2 is 1.88 bits per heavy atom. The summed E-state index contributed by atoms with van der Waals surface area (Å²) < 4.78 is 0. The van der Waals surface area contributed by atoms with Gasteiger partial charge in [0.1, 0.15) is 17.5 Å². The molecular weight excluding hydrogens is 338 g/mol. The second-order valence-electron chi connectivity index (χ2n) is 6.46. The number of aromatic nitrogens is 2. The molecule has 0 aliphatic heterocycles. The molecule has 2 aromatic heterocycles. The zero-order valence-corrected chi connectivity index (χ0v) is 15.6. The van der Waals surface area contributed by atoms with E-state index in [4.69, 9.17) is 5.26 Å². The summed E-state index contributed by atoms with van der Waals surface area (Å²) in [5, 5.41) is 10.8. The van der Waals surface area contributed by atoms with Crippen LogP contribution in [0.3, 0.4) is 0 Å². The molecule has 2 rings (SSSR count). The fourth-order valence-electron chi connectivity index (χ4n) is 1.86. The minimum atomic E-state index is -0.323. The number of nitriles is 1. The van der Waals surface area contributed by atoms with Crippen molar-refractivity contribution < 1.29 is 9.59 Å². The molecule has 2 amide bonds. The smallest absolute Gasteiger partial charge is 0.273 e. The van der Waals surface area contributed by atoms with Crippen LogP contribution < -0.4 is 4.90 Å². The van der Waals surface area contributed by atoms with E-state index in [1.807, 2.05) is 26.8 Å². The van der Waals surface area contributed by atoms with Gasteiger partial charge in [-0.05, 0) is 32.9 Å². The largest absolute Gasteiger partial charge is 0.336 e. The van der Waals surface area contributed by atoms with E-state index in [2.05, 4.69) is 9.97 Å². The van der Waals surface area contributed by atoms with E-state index < -0.39 is 0 Å². The van der Waals surface area contributed by atoms with Crippen molar-refractivity contribution in [1.82, 2.24) is 14.9 Å². The van der Waals surface area contributed by atoms with E-state index in [9.17, 15) is 9.59 Å². The number of rotatable bonds is 3. The van der Waals surface area contributed by atoms with Crippen molar-refractivity contribution in [1.29, 1.82) is 5.26 Å². The van der Waals surface area contributed by atoms with Crippen LogP contribution in [0.2, 0.25) is 0 Å². The molecule has 0 spiro atoms. The molecule has 130 valence electrons. The third-order valence-electron chi connectivity index (χ3n) is 3.74. The predicted molar refractivity (Wildman–Crippen MR) is 95.6 cm³/mol. The van der Waals surface area contributed by atoms with Crippen LogP contribution in [0.1, 0.15) is 47.3 Å². The first-order valence-electron chi connectivity index (χ1n) is 7.53. The molecule has 2 aromatic rings. The van der Waals surface area contributed by atoms with E-state index in [0.29, 0.717) is 16.4 Å². The fourth-order valence-corrected chi connectivity index (χ4v) is 2.62. The minimum Gasteiger partial charge on any atom is -0.336 e. The van der Waals surface area contributed by atoms with Crippen molar-refractivity contribution in [3.05, 3.63) is 40.7 Å². The Kier molecular flexibility index (Phi) is 5.18. The summed E-state index contributed by atoms with van der Waals surface area (Å²) in [5.41, 5.74) is 0.564. The molecule has 0 bridgehead atoms. The highest BCUT2D eigenvalue weighted by Crippen LogP contribution is 2.23. The predicted octanol–water partition coefficient (Wildman–Crippen LogP) is 2.56. The third-order valence-corrected chi connectivity index (χ3v) is 4.66. The van der Waals surface area contributed by atoms with Gasteiger partial charge in [0.25, 0.3) is 11.8 Å². The topological polar surface area (TPSA) is 90.2 Å². The lowest BCUT2D eigenvalue weighted by Crippen LogP contribution is -2.42. The lowest BCUT2D eigenvalue weighted by Gasteiger charge is -2.31. The third kappa shape index (κ3) is 4.00. The highest BCUT2D eigenvalue weighted by atomic mass is 32.1. The van der Waals surface area contributed by atoms with Gasteiger partial charge in [-0.25, -0.2) is 9.97 Å². The van der Waals surface area contributed by atoms with Crippen molar-refractivity contribution in [2.75, 3.05) is 19.0 Å². The average molecular weight is 357 g/mol. The molecule has 8 heteroatoms. The summed E-state index contributed by atoms with van der Waals surface area (Å²) in [6, 6.07) is 4.93. The Morgan fingerprint density at radius 3 is 2.40 bits per heavy atom. The maximum absolute atomic E-state index is 12.5. The van der Waals surface area contributed by atoms with E-state index in [1.54, 1.807) is 24.4 Å². The number of hydrogen-bond donors (Lipinski definition) is 0. The van der Waals surface area contributed by atoms with Gasteiger partial charge in [0.05, 0.1) is 5.56 Å². The van der Waals surface area contributed by atoms with Gasteiger partial charge < -0.3 is 4.90 Å². The molecule has 0 atom stereocenters. The molecule has 2 heterocycles. The number of carbonyl (C=O) groups is 2. The van der Waals surface area contributed by atoms with Gasteiger partial charge in [-0.15, -0.1) is 11.3 Å². The molecule has 0 fully saturated rings. The SMILES string of the molecule is CN(C(=O)c1ccc(C#N)nc1)c1nc(C(=O)N(C)C(C)(C)C)cs1. The van der Waals surface area contributed by atoms with Gasteiger partial charge in [0.2, 0.25) is 0 Å². The van der Waals surface area contributed by atoms with Crippen molar-refractivity contribution in [2.24, 2.45) is 0 Å². The lowest BCUT2D eigenvalue weighted by molar-refractivity contribution is 0.0650. The number of hydrogen-bond acceptors (Lipinski definition) is 6. The number of thiazole rings is 1. The molecule has 0 N–H and O–H groups in total. The molecular formula is C17H19N5O2S. The second kappa shape index (κ2) is 6.99. The summed E-state index contributed by atoms with van der Waals surface area (Å²) in [6.07, 6.45) is 1.35. The average Bonchev–Trinajstić information content (AvgIpc) is 3.08. The second-order valence-corrected chi connectivity index (χ2v) is 7.29. The summed E-state index contributed by atoms with van der Waals surface area (Å²) in [7, 11) is 3.31. The quantitative estimate of drug-likeness (QED) is 0.842. The van der Waals surface area contributed by atoms with Crippen LogP contribution >= 0.6 is 11.3 Å². The first kappa shape index (κ1) is 18.5. The van der Waals surface area contributed by atoms with Gasteiger partial charge in [0.15, 0.2) is 5.13 Å². The van der Waals surface area contributed by atoms with Crippen molar-refractivity contribution in [3.8, 4) is 6.07 Å². The molecule has 0 aromatic carbocycles. The number of nitrogens with zero attached hydrogens (tertiary/aromatic N) is 5. The van der Waals surface area contributed by atoms with E-state index in [1.165, 1.54) is 34.6 Å². The summed E-state index contributed by atoms with van der Waals surface area (Å²) in [4.78, 5) is 36.1. The fraction of sp³-hybridized carbons (Fsp3) is 0.353. The molecule has 0 saturated heterocycles. The van der Waals surface area contributed by atoms with Crippen LogP contribution in [0.25, 0.3) is 0 Å². The highest BCUT2D eigenvalue weighted by Gasteiger charge is 2.26. The van der Waals surface area contributed by atoms with Gasteiger partial charge in [0, 0.05) is 31.2 Å². The molecule has 0 unspecified atom stereocenters. The number of anilines is 1. The van der Waals surface area contributed by atoms with Crippen molar-refractivity contribution in [2.45, 2.75) is 26.3 Å². The summed E-state index contributed by atoms with van der Waals surface area (Å²) in [5.74, 6) is -0.509. The Hall–Kier alpha value is -2.79. The molecule has 7 nitrogen and oxygen atoms in total. The highest BCUT2D eigenvalue weighted by molar-refractivity contribution is 7.14. The summed E-state index contributed by atoms with van der Waals surface area (Å²) in [6.45, 7) is 5.81. The minimum absolute atomic E-state index is 0.198. The molecule has 0 aliphatic carbocycles. The maximum atomic E-state index is 12.5. The van der Waals surface area contributed by atoms with Crippen molar-refractivity contribution >= 4 is 28.3 Å². The number of pyridine rings is 1. The lowest BCUT2D eigenvalue weighted by atomic mass is 10.1. The molecule has 0 aliphatic rings. The number of amides is 2. The molecule has 25 heavy (non-hydrogen) atoms. The van der Waals surface area contributed by atoms with Gasteiger partial charge in [-0.2, -0.15) is 5.26 Å². The van der Waals surface area contributed by atoms with Crippen LogP contribution in [0.5, 0.6) is 0 Å². The van der Waals surface area contributed by atoms with Crippen LogP contribution in [0, 0.1) is 11.3 Å². The normalized spacial score (nSPS) is 10.9. The van der Waals surface area contributed by atoms with Crippen LogP contribution in [0.15, 0.2) is 23.7 Å². The zero-order valence-electron chi connectivity index (χ0n) is 14.8. The van der Waals surface area contributed by atoms with Crippen LogP contribution in [-0.2, 0) is 0 Å². The van der Waals surface area contributed by atoms with Gasteiger partial charge >= 0.3 is 0 Å². The molecule has 0 saturated carbocycles. The standard InChI is InChI=1S/C17H19N5O2S/c1-17(2,3)22(5)15(24)13-10-25-16(20-13)21(4)14(23)11-6-7-12(8-18)19-9-11/h6-7,9-10H,1-5H3. The Bertz CT molecular complexity index is 830. The van der Waals surface area contributed by atoms with Gasteiger partial charge in [-0.3, -0.25) is 14.5 Å². The maximum Gasteiger partial charge on any atom is 0.273 e. The Labute approximate surface area is 150 Å². The van der Waals surface area contributed by atoms with E-state index in [-0.39, 0.29) is 23.0 Å². The van der Waals surface area contributed by atoms with Crippen LogP contribution in [-0.4, -0.2) is 46.3 Å². The summed E-state index contributed by atoms with van der Waals surface area (Å²) >= 11 is 1.22. The van der Waals surface area contributed by atoms with E-state index >= 15 is 0 Å². The van der Waals surface area contributed by atoms with Crippen molar-refractivity contribution in [3.63, 3.8) is 0 Å².